The van der Waals surface area contributed by atoms with Crippen molar-refractivity contribution in [2.45, 2.75) is 46.0 Å². The van der Waals surface area contributed by atoms with E-state index in [0.29, 0.717) is 0 Å². The Balaban J connectivity index is 2.12. The van der Waals surface area contributed by atoms with Crippen LogP contribution in [-0.4, -0.2) is 30.1 Å². The molecule has 4 heteroatoms. The Morgan fingerprint density at radius 3 is 2.58 bits per heavy atom. The van der Waals surface area contributed by atoms with Crippen LogP contribution in [0.1, 0.15) is 45.4 Å². The van der Waals surface area contributed by atoms with Crippen LogP contribution >= 0.6 is 0 Å². The molecule has 1 aromatic rings. The number of aryl methyl sites for hydroxylation is 1. The van der Waals surface area contributed by atoms with Gasteiger partial charge in [-0.05, 0) is 25.2 Å². The van der Waals surface area contributed by atoms with E-state index in [-0.39, 0.29) is 0 Å². The molecular formula is C15H26N4. The van der Waals surface area contributed by atoms with Crippen LogP contribution in [0.25, 0.3) is 0 Å². The molecule has 0 amide bonds. The van der Waals surface area contributed by atoms with Gasteiger partial charge < -0.3 is 10.2 Å². The number of nitrogens with zero attached hydrogens (tertiary/aromatic N) is 3. The Labute approximate surface area is 116 Å². The number of hydrogen-bond acceptors (Lipinski definition) is 4. The van der Waals surface area contributed by atoms with Crippen LogP contribution in [0.4, 0.5) is 11.6 Å². The maximum Gasteiger partial charge on any atom is 0.134 e. The molecule has 0 radical (unpaired) electrons. The van der Waals surface area contributed by atoms with E-state index < -0.39 is 0 Å². The fraction of sp³-hybridized carbons (Fsp3) is 0.733. The molecule has 1 N–H and O–H groups in total. The van der Waals surface area contributed by atoms with Crippen molar-refractivity contribution in [1.82, 2.24) is 9.97 Å². The van der Waals surface area contributed by atoms with E-state index in [2.05, 4.69) is 35.1 Å². The zero-order chi connectivity index (χ0) is 13.7. The molecular weight excluding hydrogens is 236 g/mol. The van der Waals surface area contributed by atoms with Gasteiger partial charge in [-0.3, -0.25) is 0 Å². The maximum atomic E-state index is 4.72. The van der Waals surface area contributed by atoms with Crippen LogP contribution in [-0.2, 0) is 6.42 Å². The Kier molecular flexibility index (Phi) is 5.00. The number of piperidine rings is 1. The van der Waals surface area contributed by atoms with E-state index in [1.165, 1.54) is 19.3 Å². The molecule has 1 aromatic heterocycles. The summed E-state index contributed by atoms with van der Waals surface area (Å²) in [6, 6.07) is 2.07. The SMILES string of the molecule is CCCc1nc(NC)cc(N2CCC(CC)CC2)n1. The summed E-state index contributed by atoms with van der Waals surface area (Å²) in [6.45, 7) is 6.72. The first-order valence-electron chi connectivity index (χ1n) is 7.57. The summed E-state index contributed by atoms with van der Waals surface area (Å²) in [5.41, 5.74) is 0. The lowest BCUT2D eigenvalue weighted by atomic mass is 9.94. The van der Waals surface area contributed by atoms with Crippen molar-refractivity contribution >= 4 is 11.6 Å². The van der Waals surface area contributed by atoms with Crippen LogP contribution in [0.5, 0.6) is 0 Å². The van der Waals surface area contributed by atoms with Crippen LogP contribution in [0.15, 0.2) is 6.07 Å². The zero-order valence-electron chi connectivity index (χ0n) is 12.4. The lowest BCUT2D eigenvalue weighted by Gasteiger charge is -2.32. The number of hydrogen-bond donors (Lipinski definition) is 1. The lowest BCUT2D eigenvalue weighted by molar-refractivity contribution is 0.393. The second kappa shape index (κ2) is 6.73. The molecule has 2 rings (SSSR count). The molecule has 0 unspecified atom stereocenters. The summed E-state index contributed by atoms with van der Waals surface area (Å²) >= 11 is 0. The van der Waals surface area contributed by atoms with E-state index >= 15 is 0 Å². The van der Waals surface area contributed by atoms with Crippen molar-refractivity contribution < 1.29 is 0 Å². The summed E-state index contributed by atoms with van der Waals surface area (Å²) < 4.78 is 0. The fourth-order valence-electron chi connectivity index (χ4n) is 2.68. The van der Waals surface area contributed by atoms with Crippen LogP contribution in [0.3, 0.4) is 0 Å². The standard InChI is InChI=1S/C15H26N4/c1-4-6-13-17-14(16-3)11-15(18-13)19-9-7-12(5-2)8-10-19/h11-12H,4-10H2,1-3H3,(H,16,17,18). The third kappa shape index (κ3) is 3.58. The highest BCUT2D eigenvalue weighted by Gasteiger charge is 2.19. The van der Waals surface area contributed by atoms with Crippen molar-refractivity contribution in [3.05, 3.63) is 11.9 Å². The number of nitrogens with one attached hydrogen (secondary N) is 1. The van der Waals surface area contributed by atoms with E-state index in [0.717, 1.165) is 49.3 Å². The Morgan fingerprint density at radius 1 is 1.26 bits per heavy atom. The predicted octanol–water partition coefficient (Wildman–Crippen LogP) is 3.10. The molecule has 106 valence electrons. The lowest BCUT2D eigenvalue weighted by Crippen LogP contribution is -2.34. The van der Waals surface area contributed by atoms with Gasteiger partial charge in [0.1, 0.15) is 17.5 Å². The van der Waals surface area contributed by atoms with Crippen molar-refractivity contribution in [3.8, 4) is 0 Å². The Hall–Kier alpha value is -1.32. The largest absolute Gasteiger partial charge is 0.373 e. The molecule has 1 aliphatic rings. The molecule has 0 aromatic carbocycles. The fourth-order valence-corrected chi connectivity index (χ4v) is 2.68. The Bertz CT molecular complexity index is 397. The number of aromatic nitrogens is 2. The van der Waals surface area contributed by atoms with Gasteiger partial charge in [0.25, 0.3) is 0 Å². The third-order valence-electron chi connectivity index (χ3n) is 4.00. The molecule has 1 aliphatic heterocycles. The number of rotatable bonds is 5. The van der Waals surface area contributed by atoms with Crippen molar-refractivity contribution in [3.63, 3.8) is 0 Å². The second-order valence-electron chi connectivity index (χ2n) is 5.37. The zero-order valence-corrected chi connectivity index (χ0v) is 12.4. The minimum Gasteiger partial charge on any atom is -0.373 e. The first kappa shape index (κ1) is 14.1. The summed E-state index contributed by atoms with van der Waals surface area (Å²) in [5.74, 6) is 3.89. The topological polar surface area (TPSA) is 41.1 Å². The molecule has 0 bridgehead atoms. The molecule has 1 fully saturated rings. The normalized spacial score (nSPS) is 16.7. The first-order valence-corrected chi connectivity index (χ1v) is 7.57. The highest BCUT2D eigenvalue weighted by Crippen LogP contribution is 2.25. The summed E-state index contributed by atoms with van der Waals surface area (Å²) in [7, 11) is 1.92. The van der Waals surface area contributed by atoms with Crippen LogP contribution in [0.2, 0.25) is 0 Å². The van der Waals surface area contributed by atoms with Gasteiger partial charge in [-0.2, -0.15) is 0 Å². The summed E-state index contributed by atoms with van der Waals surface area (Å²) in [5, 5.41) is 3.15. The van der Waals surface area contributed by atoms with Gasteiger partial charge in [0.05, 0.1) is 0 Å². The molecule has 0 spiro atoms. The van der Waals surface area contributed by atoms with Gasteiger partial charge in [0.2, 0.25) is 0 Å². The monoisotopic (exact) mass is 262 g/mol. The average Bonchev–Trinajstić information content (AvgIpc) is 2.47. The van der Waals surface area contributed by atoms with E-state index in [1.807, 2.05) is 7.05 Å². The van der Waals surface area contributed by atoms with Gasteiger partial charge in [-0.25, -0.2) is 9.97 Å². The molecule has 1 saturated heterocycles. The molecule has 0 aliphatic carbocycles. The number of anilines is 2. The van der Waals surface area contributed by atoms with Crippen LogP contribution < -0.4 is 10.2 Å². The molecule has 0 saturated carbocycles. The molecule has 19 heavy (non-hydrogen) atoms. The average molecular weight is 262 g/mol. The smallest absolute Gasteiger partial charge is 0.134 e. The van der Waals surface area contributed by atoms with Gasteiger partial charge in [-0.15, -0.1) is 0 Å². The van der Waals surface area contributed by atoms with Gasteiger partial charge in [0, 0.05) is 32.6 Å². The van der Waals surface area contributed by atoms with E-state index in [1.54, 1.807) is 0 Å². The molecule has 4 nitrogen and oxygen atoms in total. The second-order valence-corrected chi connectivity index (χ2v) is 5.37. The minimum atomic E-state index is 0.900. The van der Waals surface area contributed by atoms with Crippen LogP contribution in [0, 0.1) is 5.92 Å². The quantitative estimate of drug-likeness (QED) is 0.885. The third-order valence-corrected chi connectivity index (χ3v) is 4.00. The highest BCUT2D eigenvalue weighted by molar-refractivity contribution is 5.49. The van der Waals surface area contributed by atoms with Crippen molar-refractivity contribution in [1.29, 1.82) is 0 Å². The summed E-state index contributed by atoms with van der Waals surface area (Å²) in [4.78, 5) is 11.6. The molecule has 0 atom stereocenters. The first-order chi connectivity index (χ1) is 9.26. The van der Waals surface area contributed by atoms with Gasteiger partial charge >= 0.3 is 0 Å². The van der Waals surface area contributed by atoms with E-state index in [9.17, 15) is 0 Å². The van der Waals surface area contributed by atoms with Gasteiger partial charge in [-0.1, -0.05) is 20.3 Å². The maximum absolute atomic E-state index is 4.72. The molecule has 2 heterocycles. The minimum absolute atomic E-state index is 0.900. The Morgan fingerprint density at radius 2 is 2.00 bits per heavy atom. The van der Waals surface area contributed by atoms with Crippen molar-refractivity contribution in [2.75, 3.05) is 30.4 Å². The summed E-state index contributed by atoms with van der Waals surface area (Å²) in [6.07, 6.45) is 5.93. The highest BCUT2D eigenvalue weighted by atomic mass is 15.2. The van der Waals surface area contributed by atoms with E-state index in [4.69, 9.17) is 4.98 Å². The van der Waals surface area contributed by atoms with Crippen molar-refractivity contribution in [2.24, 2.45) is 5.92 Å². The van der Waals surface area contributed by atoms with Gasteiger partial charge in [0.15, 0.2) is 0 Å². The predicted molar refractivity (Wildman–Crippen MR) is 80.8 cm³/mol.